The second-order valence-corrected chi connectivity index (χ2v) is 5.11. The van der Waals surface area contributed by atoms with Crippen molar-refractivity contribution in [2.24, 2.45) is 5.18 Å². The van der Waals surface area contributed by atoms with Crippen LogP contribution in [-0.4, -0.2) is 26.6 Å². The first-order valence-corrected chi connectivity index (χ1v) is 7.13. The molecule has 0 amide bonds. The van der Waals surface area contributed by atoms with Gasteiger partial charge in [0.1, 0.15) is 5.82 Å². The number of nitroso groups, excluding NO2 is 1. The highest BCUT2D eigenvalue weighted by atomic mass is 16.3. The zero-order chi connectivity index (χ0) is 16.4. The van der Waals surface area contributed by atoms with E-state index in [4.69, 9.17) is 0 Å². The maximum absolute atomic E-state index is 11.2. The summed E-state index contributed by atoms with van der Waals surface area (Å²) in [5, 5.41) is 3.10. The van der Waals surface area contributed by atoms with Crippen molar-refractivity contribution in [2.75, 3.05) is 11.9 Å². The van der Waals surface area contributed by atoms with Gasteiger partial charge in [0.25, 0.3) is 0 Å². The molecule has 0 atom stereocenters. The van der Waals surface area contributed by atoms with Gasteiger partial charge in [0.2, 0.25) is 5.95 Å². The quantitative estimate of drug-likeness (QED) is 0.690. The molecule has 0 aliphatic carbocycles. The third-order valence-corrected chi connectivity index (χ3v) is 3.62. The van der Waals surface area contributed by atoms with E-state index in [0.717, 1.165) is 11.5 Å². The van der Waals surface area contributed by atoms with Gasteiger partial charge in [-0.25, -0.2) is 9.97 Å². The summed E-state index contributed by atoms with van der Waals surface area (Å²) in [7, 11) is 1.88. The molecule has 2 aromatic heterocycles. The van der Waals surface area contributed by atoms with Gasteiger partial charge in [-0.15, -0.1) is 4.91 Å². The number of para-hydroxylation sites is 1. The molecular weight excluding hydrogens is 292 g/mol. The molecule has 0 aliphatic heterocycles. The van der Waals surface area contributed by atoms with Crippen LogP contribution in [-0.2, 0) is 0 Å². The van der Waals surface area contributed by atoms with Crippen LogP contribution in [0.15, 0.2) is 47.9 Å². The molecule has 0 fully saturated rings. The van der Waals surface area contributed by atoms with Crippen molar-refractivity contribution in [2.45, 2.75) is 13.8 Å². The Morgan fingerprint density at radius 1 is 1.13 bits per heavy atom. The fourth-order valence-corrected chi connectivity index (χ4v) is 2.33. The molecule has 0 radical (unpaired) electrons. The monoisotopic (exact) mass is 308 g/mol. The van der Waals surface area contributed by atoms with Gasteiger partial charge < -0.3 is 4.90 Å². The fraction of sp³-hybridized carbons (Fsp3) is 0.188. The van der Waals surface area contributed by atoms with Gasteiger partial charge in [-0.1, -0.05) is 18.2 Å². The van der Waals surface area contributed by atoms with Crippen LogP contribution in [0, 0.1) is 18.8 Å². The van der Waals surface area contributed by atoms with Gasteiger partial charge in [0, 0.05) is 25.1 Å². The average Bonchev–Trinajstić information content (AvgIpc) is 3.00. The van der Waals surface area contributed by atoms with Gasteiger partial charge >= 0.3 is 0 Å². The Morgan fingerprint density at radius 3 is 2.48 bits per heavy atom. The maximum Gasteiger partial charge on any atom is 0.232 e. The van der Waals surface area contributed by atoms with Gasteiger partial charge in [-0.2, -0.15) is 4.98 Å². The molecule has 23 heavy (non-hydrogen) atoms. The van der Waals surface area contributed by atoms with Gasteiger partial charge in [-0.3, -0.25) is 4.57 Å². The summed E-state index contributed by atoms with van der Waals surface area (Å²) in [5.41, 5.74) is 1.69. The van der Waals surface area contributed by atoms with Crippen molar-refractivity contribution >= 4 is 17.3 Å². The third kappa shape index (κ3) is 2.68. The largest absolute Gasteiger partial charge is 0.314 e. The normalized spacial score (nSPS) is 10.6. The van der Waals surface area contributed by atoms with Crippen LogP contribution < -0.4 is 4.90 Å². The number of rotatable bonds is 4. The Balaban J connectivity index is 2.15. The van der Waals surface area contributed by atoms with Gasteiger partial charge in [0.15, 0.2) is 11.5 Å². The topological polar surface area (TPSA) is 76.3 Å². The molecule has 3 rings (SSSR count). The highest BCUT2D eigenvalue weighted by Gasteiger charge is 2.18. The number of imidazole rings is 1. The van der Waals surface area contributed by atoms with Crippen LogP contribution in [0.1, 0.15) is 11.5 Å². The van der Waals surface area contributed by atoms with E-state index in [1.54, 1.807) is 23.9 Å². The minimum absolute atomic E-state index is 0.219. The SMILES string of the molecule is Cc1nc(N(C)c2ccccc2)nc(-n2ccnc2C)c1N=O. The number of aromatic nitrogens is 4. The molecule has 0 aliphatic rings. The number of aryl methyl sites for hydroxylation is 2. The van der Waals surface area contributed by atoms with E-state index in [2.05, 4.69) is 20.1 Å². The van der Waals surface area contributed by atoms with E-state index < -0.39 is 0 Å². The lowest BCUT2D eigenvalue weighted by atomic mass is 10.3. The van der Waals surface area contributed by atoms with Crippen molar-refractivity contribution in [1.82, 2.24) is 19.5 Å². The summed E-state index contributed by atoms with van der Waals surface area (Å²) < 4.78 is 1.73. The number of anilines is 2. The molecule has 7 heteroatoms. The molecule has 7 nitrogen and oxygen atoms in total. The molecule has 0 spiro atoms. The zero-order valence-electron chi connectivity index (χ0n) is 13.1. The molecule has 3 aromatic rings. The first kappa shape index (κ1) is 14.8. The number of hydrogen-bond acceptors (Lipinski definition) is 6. The Bertz CT molecular complexity index is 843. The van der Waals surface area contributed by atoms with Crippen LogP contribution in [0.3, 0.4) is 0 Å². The second-order valence-electron chi connectivity index (χ2n) is 5.11. The van der Waals surface area contributed by atoms with Crippen LogP contribution in [0.4, 0.5) is 17.3 Å². The molecule has 0 bridgehead atoms. The van der Waals surface area contributed by atoms with Crippen molar-refractivity contribution in [3.05, 3.63) is 59.2 Å². The van der Waals surface area contributed by atoms with Crippen molar-refractivity contribution in [1.29, 1.82) is 0 Å². The van der Waals surface area contributed by atoms with Gasteiger partial charge in [0.05, 0.1) is 5.69 Å². The molecule has 116 valence electrons. The van der Waals surface area contributed by atoms with E-state index >= 15 is 0 Å². The van der Waals surface area contributed by atoms with Crippen LogP contribution >= 0.6 is 0 Å². The van der Waals surface area contributed by atoms with Crippen LogP contribution in [0.2, 0.25) is 0 Å². The number of nitrogens with zero attached hydrogens (tertiary/aromatic N) is 6. The van der Waals surface area contributed by atoms with Gasteiger partial charge in [-0.05, 0) is 31.2 Å². The summed E-state index contributed by atoms with van der Waals surface area (Å²) in [6, 6.07) is 9.77. The van der Waals surface area contributed by atoms with Crippen LogP contribution in [0.5, 0.6) is 0 Å². The van der Waals surface area contributed by atoms with Crippen molar-refractivity contribution in [3.63, 3.8) is 0 Å². The minimum Gasteiger partial charge on any atom is -0.314 e. The first-order valence-electron chi connectivity index (χ1n) is 7.13. The fourth-order valence-electron chi connectivity index (χ4n) is 2.33. The summed E-state index contributed by atoms with van der Waals surface area (Å²) in [6.07, 6.45) is 3.40. The lowest BCUT2D eigenvalue weighted by molar-refractivity contribution is 0.898. The molecule has 1 aromatic carbocycles. The molecular formula is C16H16N6O. The Kier molecular flexibility index (Phi) is 3.84. The molecule has 0 saturated heterocycles. The smallest absolute Gasteiger partial charge is 0.232 e. The van der Waals surface area contributed by atoms with E-state index in [1.807, 2.05) is 49.2 Å². The van der Waals surface area contributed by atoms with E-state index in [-0.39, 0.29) is 5.69 Å². The number of benzene rings is 1. The Hall–Kier alpha value is -3.09. The maximum atomic E-state index is 11.2. The number of hydrogen-bond donors (Lipinski definition) is 0. The summed E-state index contributed by atoms with van der Waals surface area (Å²) in [5.74, 6) is 1.64. The molecule has 2 heterocycles. The molecule has 0 unspecified atom stereocenters. The Labute approximate surface area is 133 Å². The van der Waals surface area contributed by atoms with Crippen molar-refractivity contribution < 1.29 is 0 Å². The highest BCUT2D eigenvalue weighted by Crippen LogP contribution is 2.29. The van der Waals surface area contributed by atoms with E-state index in [1.165, 1.54) is 0 Å². The standard InChI is InChI=1S/C16H16N6O/c1-11-14(20-23)15(22-10-9-17-12(22)2)19-16(18-11)21(3)13-7-5-4-6-8-13/h4-10H,1-3H3. The van der Waals surface area contributed by atoms with E-state index in [0.29, 0.717) is 17.5 Å². The lowest BCUT2D eigenvalue weighted by Crippen LogP contribution is -2.15. The van der Waals surface area contributed by atoms with E-state index in [9.17, 15) is 4.91 Å². The Morgan fingerprint density at radius 2 is 1.87 bits per heavy atom. The average molecular weight is 308 g/mol. The predicted molar refractivity (Wildman–Crippen MR) is 88.6 cm³/mol. The third-order valence-electron chi connectivity index (χ3n) is 3.62. The zero-order valence-corrected chi connectivity index (χ0v) is 13.1. The minimum atomic E-state index is 0.219. The second kappa shape index (κ2) is 5.96. The molecule has 0 N–H and O–H groups in total. The molecule has 0 saturated carbocycles. The summed E-state index contributed by atoms with van der Waals surface area (Å²) in [6.45, 7) is 3.59. The predicted octanol–water partition coefficient (Wildman–Crippen LogP) is 3.44. The first-order chi connectivity index (χ1) is 11.1. The highest BCUT2D eigenvalue weighted by molar-refractivity contribution is 5.62. The van der Waals surface area contributed by atoms with Crippen LogP contribution in [0.25, 0.3) is 5.82 Å². The lowest BCUT2D eigenvalue weighted by Gasteiger charge is -2.19. The summed E-state index contributed by atoms with van der Waals surface area (Å²) >= 11 is 0. The van der Waals surface area contributed by atoms with Crippen molar-refractivity contribution in [3.8, 4) is 5.82 Å². The summed E-state index contributed by atoms with van der Waals surface area (Å²) in [4.78, 5) is 26.2.